The first-order valence-electron chi connectivity index (χ1n) is 12.4. The molecule has 0 aliphatic heterocycles. The largest absolute Gasteiger partial charge is 0.423 e. The summed E-state index contributed by atoms with van der Waals surface area (Å²) >= 11 is 0. The molecule has 188 valence electrons. The predicted molar refractivity (Wildman–Crippen MR) is 149 cm³/mol. The number of aryl methyl sites for hydroxylation is 1. The van der Waals surface area contributed by atoms with Crippen molar-refractivity contribution in [2.24, 2.45) is 0 Å². The van der Waals surface area contributed by atoms with Gasteiger partial charge < -0.3 is 9.47 Å². The summed E-state index contributed by atoms with van der Waals surface area (Å²) in [6.07, 6.45) is 0. The van der Waals surface area contributed by atoms with Crippen LogP contribution in [0.3, 0.4) is 0 Å². The molecule has 0 fully saturated rings. The third-order valence-corrected chi connectivity index (χ3v) is 6.96. The Morgan fingerprint density at radius 3 is 1.68 bits per heavy atom. The van der Waals surface area contributed by atoms with E-state index in [9.17, 15) is 9.59 Å². The van der Waals surface area contributed by atoms with Crippen molar-refractivity contribution < 1.29 is 19.1 Å². The molecule has 4 aromatic carbocycles. The minimum atomic E-state index is -0.633. The van der Waals surface area contributed by atoms with Crippen LogP contribution in [0.2, 0.25) is 0 Å². The Hall–Kier alpha value is -4.70. The van der Waals surface area contributed by atoms with Crippen LogP contribution in [0, 0.1) is 6.92 Å². The van der Waals surface area contributed by atoms with Crippen molar-refractivity contribution in [3.63, 3.8) is 0 Å². The third kappa shape index (κ3) is 4.04. The first-order valence-corrected chi connectivity index (χ1v) is 12.4. The van der Waals surface area contributed by atoms with Crippen molar-refractivity contribution in [3.8, 4) is 22.6 Å². The molecular weight excluding hydrogens is 472 g/mol. The molecule has 0 unspecified atom stereocenters. The molecule has 0 atom stereocenters. The van der Waals surface area contributed by atoms with Crippen molar-refractivity contribution in [2.45, 2.75) is 26.2 Å². The van der Waals surface area contributed by atoms with Gasteiger partial charge in [-0.1, -0.05) is 86.0 Å². The third-order valence-electron chi connectivity index (χ3n) is 6.96. The van der Waals surface area contributed by atoms with Gasteiger partial charge in [0.15, 0.2) is 0 Å². The van der Waals surface area contributed by atoms with Crippen LogP contribution in [0.25, 0.3) is 11.1 Å². The van der Waals surface area contributed by atoms with Gasteiger partial charge in [0.05, 0.1) is 5.41 Å². The van der Waals surface area contributed by atoms with Crippen molar-refractivity contribution in [3.05, 3.63) is 143 Å². The number of ether oxygens (including phenoxy) is 2. The highest BCUT2D eigenvalue weighted by Crippen LogP contribution is 2.56. The van der Waals surface area contributed by atoms with Gasteiger partial charge in [0, 0.05) is 11.1 Å². The molecule has 4 heteroatoms. The van der Waals surface area contributed by atoms with Gasteiger partial charge in [0.25, 0.3) is 0 Å². The summed E-state index contributed by atoms with van der Waals surface area (Å²) in [6.45, 7) is 12.5. The first kappa shape index (κ1) is 25.0. The highest BCUT2D eigenvalue weighted by molar-refractivity contribution is 5.90. The smallest absolute Gasteiger partial charge is 0.338 e. The SMILES string of the molecule is C=C(C)C(=O)Oc1ccc(C2(c3ccc(OC(=O)C(=C)C)c(C)c3)c3ccccc3-c3ccccc32)cc1. The maximum Gasteiger partial charge on any atom is 0.338 e. The van der Waals surface area contributed by atoms with Gasteiger partial charge >= 0.3 is 11.9 Å². The van der Waals surface area contributed by atoms with Gasteiger partial charge in [0.2, 0.25) is 0 Å². The van der Waals surface area contributed by atoms with E-state index >= 15 is 0 Å². The fraction of sp³-hybridized carbons (Fsp3) is 0.118. The second-order valence-corrected chi connectivity index (χ2v) is 9.69. The van der Waals surface area contributed by atoms with E-state index < -0.39 is 17.4 Å². The van der Waals surface area contributed by atoms with Crippen LogP contribution in [0.5, 0.6) is 11.5 Å². The van der Waals surface area contributed by atoms with E-state index in [2.05, 4.69) is 67.8 Å². The van der Waals surface area contributed by atoms with Crippen LogP contribution < -0.4 is 9.47 Å². The fourth-order valence-electron chi connectivity index (χ4n) is 5.18. The maximum absolute atomic E-state index is 12.2. The molecule has 0 aromatic heterocycles. The number of esters is 2. The van der Waals surface area contributed by atoms with Crippen molar-refractivity contribution in [2.75, 3.05) is 0 Å². The highest BCUT2D eigenvalue weighted by Gasteiger charge is 2.46. The lowest BCUT2D eigenvalue weighted by Gasteiger charge is -2.34. The molecule has 0 heterocycles. The Balaban J connectivity index is 1.72. The first-order chi connectivity index (χ1) is 18.2. The zero-order valence-electron chi connectivity index (χ0n) is 21.7. The second-order valence-electron chi connectivity index (χ2n) is 9.69. The number of rotatable bonds is 6. The summed E-state index contributed by atoms with van der Waals surface area (Å²) in [4.78, 5) is 24.3. The van der Waals surface area contributed by atoms with Crippen LogP contribution in [-0.2, 0) is 15.0 Å². The van der Waals surface area contributed by atoms with E-state index in [0.29, 0.717) is 22.6 Å². The number of fused-ring (bicyclic) bond motifs is 3. The van der Waals surface area contributed by atoms with Crippen molar-refractivity contribution in [1.29, 1.82) is 0 Å². The summed E-state index contributed by atoms with van der Waals surface area (Å²) in [7, 11) is 0. The monoisotopic (exact) mass is 500 g/mol. The van der Waals surface area contributed by atoms with Gasteiger partial charge in [-0.2, -0.15) is 0 Å². The lowest BCUT2D eigenvalue weighted by molar-refractivity contribution is -0.131. The molecule has 1 aliphatic carbocycles. The van der Waals surface area contributed by atoms with Crippen LogP contribution in [0.1, 0.15) is 41.7 Å². The molecule has 4 aromatic rings. The van der Waals surface area contributed by atoms with Crippen LogP contribution in [0.4, 0.5) is 0 Å². The number of hydrogen-bond donors (Lipinski definition) is 0. The molecule has 0 saturated carbocycles. The lowest BCUT2D eigenvalue weighted by Crippen LogP contribution is -2.28. The van der Waals surface area contributed by atoms with Crippen molar-refractivity contribution in [1.82, 2.24) is 0 Å². The standard InChI is InChI=1S/C34H28O4/c1-21(2)32(35)37-26-17-14-24(15-18-26)34(25-16-19-31(23(5)20-25)38-33(36)22(3)4)29-12-8-6-10-27(29)28-11-7-9-13-30(28)34/h6-20H,1,3H2,2,4-5H3. The Morgan fingerprint density at radius 1 is 0.658 bits per heavy atom. The van der Waals surface area contributed by atoms with Gasteiger partial charge in [-0.15, -0.1) is 0 Å². The lowest BCUT2D eigenvalue weighted by atomic mass is 9.67. The molecule has 0 bridgehead atoms. The molecule has 5 rings (SSSR count). The zero-order chi connectivity index (χ0) is 27.0. The molecule has 0 radical (unpaired) electrons. The molecule has 0 amide bonds. The highest BCUT2D eigenvalue weighted by atomic mass is 16.5. The van der Waals surface area contributed by atoms with E-state index in [0.717, 1.165) is 38.9 Å². The average molecular weight is 501 g/mol. The van der Waals surface area contributed by atoms with E-state index in [1.54, 1.807) is 13.8 Å². The van der Waals surface area contributed by atoms with Gasteiger partial charge in [-0.25, -0.2) is 9.59 Å². The van der Waals surface area contributed by atoms with E-state index in [1.807, 2.05) is 43.3 Å². The summed E-state index contributed by atoms with van der Waals surface area (Å²) in [6, 6.07) is 30.4. The van der Waals surface area contributed by atoms with E-state index in [-0.39, 0.29) is 0 Å². The predicted octanol–water partition coefficient (Wildman–Crippen LogP) is 7.32. The Labute approximate surface area is 222 Å². The summed E-state index contributed by atoms with van der Waals surface area (Å²) in [5.74, 6) is 0.0415. The van der Waals surface area contributed by atoms with E-state index in [1.165, 1.54) is 0 Å². The van der Waals surface area contributed by atoms with Gasteiger partial charge in [-0.3, -0.25) is 0 Å². The van der Waals surface area contributed by atoms with E-state index in [4.69, 9.17) is 9.47 Å². The topological polar surface area (TPSA) is 52.6 Å². The van der Waals surface area contributed by atoms with Gasteiger partial charge in [-0.05, 0) is 77.9 Å². The molecule has 38 heavy (non-hydrogen) atoms. The summed E-state index contributed by atoms with van der Waals surface area (Å²) in [5.41, 5.74) is 7.58. The molecule has 1 aliphatic rings. The molecule has 4 nitrogen and oxygen atoms in total. The molecule has 0 saturated heterocycles. The van der Waals surface area contributed by atoms with Crippen LogP contribution >= 0.6 is 0 Å². The molecule has 0 spiro atoms. The molecular formula is C34H28O4. The number of benzene rings is 4. The molecule has 0 N–H and O–H groups in total. The number of hydrogen-bond acceptors (Lipinski definition) is 4. The van der Waals surface area contributed by atoms with Crippen LogP contribution in [-0.4, -0.2) is 11.9 Å². The quantitative estimate of drug-likeness (QED) is 0.139. The Bertz CT molecular complexity index is 1560. The Kier molecular flexibility index (Phi) is 6.33. The fourth-order valence-corrected chi connectivity index (χ4v) is 5.18. The minimum absolute atomic E-state index is 0.340. The minimum Gasteiger partial charge on any atom is -0.423 e. The zero-order valence-corrected chi connectivity index (χ0v) is 21.7. The summed E-state index contributed by atoms with van der Waals surface area (Å²) < 4.78 is 11.0. The van der Waals surface area contributed by atoms with Crippen LogP contribution in [0.15, 0.2) is 115 Å². The van der Waals surface area contributed by atoms with Crippen molar-refractivity contribution >= 4 is 11.9 Å². The average Bonchev–Trinajstić information content (AvgIpc) is 3.21. The normalized spacial score (nSPS) is 12.7. The second kappa shape index (κ2) is 9.64. The Morgan fingerprint density at radius 2 is 1.16 bits per heavy atom. The number of carbonyl (C=O) groups excluding carboxylic acids is 2. The maximum atomic E-state index is 12.2. The summed E-state index contributed by atoms with van der Waals surface area (Å²) in [5, 5.41) is 0. The van der Waals surface area contributed by atoms with Gasteiger partial charge in [0.1, 0.15) is 11.5 Å². The number of carbonyl (C=O) groups is 2.